The number of hydrogen-bond donors (Lipinski definition) is 2. The Morgan fingerprint density at radius 2 is 1.81 bits per heavy atom. The van der Waals surface area contributed by atoms with Crippen LogP contribution in [0.4, 0.5) is 0 Å². The minimum atomic E-state index is -0.568. The van der Waals surface area contributed by atoms with Gasteiger partial charge in [0.15, 0.2) is 5.58 Å². The van der Waals surface area contributed by atoms with Gasteiger partial charge in [0.1, 0.15) is 0 Å². The van der Waals surface area contributed by atoms with Crippen molar-refractivity contribution in [2.24, 2.45) is 29.4 Å². The summed E-state index contributed by atoms with van der Waals surface area (Å²) in [6, 6.07) is 5.80. The number of benzene rings is 1. The molecule has 3 aliphatic rings. The molecule has 1 aliphatic heterocycles. The minimum Gasteiger partial charge on any atom is -0.390 e. The fourth-order valence-electron chi connectivity index (χ4n) is 7.33. The number of piperidine rings is 1. The molecular weight excluding hydrogens is 474 g/mol. The lowest BCUT2D eigenvalue weighted by Crippen LogP contribution is -2.41. The molecule has 6 nitrogen and oxygen atoms in total. The van der Waals surface area contributed by atoms with E-state index in [9.17, 15) is 9.90 Å². The predicted octanol–water partition coefficient (Wildman–Crippen LogP) is 5.90. The van der Waals surface area contributed by atoms with Crippen LogP contribution in [0, 0.1) is 23.7 Å². The van der Waals surface area contributed by atoms with Crippen molar-refractivity contribution in [3.05, 3.63) is 28.9 Å². The normalized spacial score (nSPS) is 31.5. The number of rotatable bonds is 7. The molecule has 3 fully saturated rings. The molecule has 1 saturated heterocycles. The van der Waals surface area contributed by atoms with Crippen molar-refractivity contribution < 1.29 is 14.4 Å². The maximum atomic E-state index is 12.4. The lowest BCUT2D eigenvalue weighted by atomic mass is 9.66. The predicted molar refractivity (Wildman–Crippen MR) is 143 cm³/mol. The Morgan fingerprint density at radius 1 is 1.14 bits per heavy atom. The molecule has 36 heavy (non-hydrogen) atoms. The molecule has 0 bridgehead atoms. The summed E-state index contributed by atoms with van der Waals surface area (Å²) in [7, 11) is 0. The van der Waals surface area contributed by atoms with Crippen molar-refractivity contribution in [3.63, 3.8) is 0 Å². The molecule has 198 valence electrons. The van der Waals surface area contributed by atoms with E-state index in [1.54, 1.807) is 0 Å². The van der Waals surface area contributed by atoms with Crippen LogP contribution in [0.15, 0.2) is 22.7 Å². The Hall–Kier alpha value is -1.63. The van der Waals surface area contributed by atoms with Gasteiger partial charge in [-0.3, -0.25) is 4.79 Å². The summed E-state index contributed by atoms with van der Waals surface area (Å²) in [6.45, 7) is 5.30. The molecule has 1 aromatic carbocycles. The van der Waals surface area contributed by atoms with Crippen LogP contribution in [-0.4, -0.2) is 46.3 Å². The first kappa shape index (κ1) is 26.0. The third kappa shape index (κ3) is 5.92. The van der Waals surface area contributed by atoms with Gasteiger partial charge in [-0.15, -0.1) is 0 Å². The van der Waals surface area contributed by atoms with Crippen molar-refractivity contribution in [1.29, 1.82) is 0 Å². The molecule has 2 aromatic rings. The van der Waals surface area contributed by atoms with Gasteiger partial charge in [0, 0.05) is 28.3 Å². The van der Waals surface area contributed by atoms with Crippen LogP contribution >= 0.6 is 11.6 Å². The molecule has 5 rings (SSSR count). The Labute approximate surface area is 219 Å². The van der Waals surface area contributed by atoms with Crippen LogP contribution in [0.2, 0.25) is 5.02 Å². The lowest BCUT2D eigenvalue weighted by molar-refractivity contribution is -0.128. The van der Waals surface area contributed by atoms with Gasteiger partial charge in [-0.2, -0.15) is 0 Å². The fraction of sp³-hybridized carbons (Fsp3) is 0.724. The number of carbonyl (C=O) groups is 1. The van der Waals surface area contributed by atoms with Crippen LogP contribution in [0.3, 0.4) is 0 Å². The van der Waals surface area contributed by atoms with Crippen molar-refractivity contribution in [2.75, 3.05) is 19.6 Å². The molecule has 2 saturated carbocycles. The highest BCUT2D eigenvalue weighted by Gasteiger charge is 2.40. The second kappa shape index (κ2) is 11.0. The van der Waals surface area contributed by atoms with E-state index in [1.165, 1.54) is 19.3 Å². The summed E-state index contributed by atoms with van der Waals surface area (Å²) in [4.78, 5) is 15.0. The van der Waals surface area contributed by atoms with Gasteiger partial charge in [0.05, 0.1) is 11.3 Å². The molecule has 1 unspecified atom stereocenters. The molecule has 1 amide bonds. The Morgan fingerprint density at radius 3 is 2.47 bits per heavy atom. The highest BCUT2D eigenvalue weighted by molar-refractivity contribution is 6.31. The standard InChI is InChI=1S/C29H42ClN3O3/c1-29(35)13-8-21(9-14-29)26(28(31)34)20-4-2-19(3-5-20)10-15-33-16-11-22(12-17-33)27-24-7-6-23(30)18-25(24)36-32-27/h6-7,18-22,26,35H,2-5,8-17H2,1H3,(H2,31,34). The van der Waals surface area contributed by atoms with E-state index in [-0.39, 0.29) is 11.8 Å². The van der Waals surface area contributed by atoms with Gasteiger partial charge < -0.3 is 20.3 Å². The first-order chi connectivity index (χ1) is 17.3. The van der Waals surface area contributed by atoms with E-state index in [2.05, 4.69) is 10.1 Å². The van der Waals surface area contributed by atoms with Gasteiger partial charge in [-0.05, 0) is 114 Å². The topological polar surface area (TPSA) is 92.6 Å². The number of nitrogens with two attached hydrogens (primary N) is 1. The summed E-state index contributed by atoms with van der Waals surface area (Å²) in [5.74, 6) is 1.86. The number of primary amides is 1. The summed E-state index contributed by atoms with van der Waals surface area (Å²) in [5, 5.41) is 16.5. The molecule has 3 N–H and O–H groups in total. The van der Waals surface area contributed by atoms with Crippen molar-refractivity contribution in [1.82, 2.24) is 10.1 Å². The first-order valence-electron chi connectivity index (χ1n) is 14.1. The number of amides is 1. The van der Waals surface area contributed by atoms with E-state index < -0.39 is 5.60 Å². The molecule has 1 atom stereocenters. The van der Waals surface area contributed by atoms with E-state index in [1.807, 2.05) is 25.1 Å². The van der Waals surface area contributed by atoms with E-state index in [0.717, 1.165) is 93.6 Å². The van der Waals surface area contributed by atoms with E-state index in [0.29, 0.717) is 22.8 Å². The van der Waals surface area contributed by atoms with Crippen LogP contribution in [0.25, 0.3) is 11.0 Å². The molecule has 1 aromatic heterocycles. The van der Waals surface area contributed by atoms with Crippen molar-refractivity contribution >= 4 is 28.5 Å². The number of hydrogen-bond acceptors (Lipinski definition) is 5. The zero-order chi connectivity index (χ0) is 25.3. The zero-order valence-electron chi connectivity index (χ0n) is 21.6. The summed E-state index contributed by atoms with van der Waals surface area (Å²) < 4.78 is 5.54. The largest absolute Gasteiger partial charge is 0.390 e. The maximum Gasteiger partial charge on any atom is 0.221 e. The van der Waals surface area contributed by atoms with E-state index >= 15 is 0 Å². The van der Waals surface area contributed by atoms with Gasteiger partial charge in [0.25, 0.3) is 0 Å². The van der Waals surface area contributed by atoms with E-state index in [4.69, 9.17) is 21.9 Å². The number of halogens is 1. The lowest BCUT2D eigenvalue weighted by Gasteiger charge is -2.41. The number of fused-ring (bicyclic) bond motifs is 1. The maximum absolute atomic E-state index is 12.4. The Kier molecular flexibility index (Phi) is 7.95. The second-order valence-corrected chi connectivity index (χ2v) is 12.6. The molecule has 2 heterocycles. The fourth-order valence-corrected chi connectivity index (χ4v) is 7.49. The van der Waals surface area contributed by atoms with Crippen molar-refractivity contribution in [2.45, 2.75) is 89.1 Å². The second-order valence-electron chi connectivity index (χ2n) is 12.2. The summed E-state index contributed by atoms with van der Waals surface area (Å²) in [5.41, 5.74) is 7.22. The van der Waals surface area contributed by atoms with Crippen molar-refractivity contribution in [3.8, 4) is 0 Å². The number of aliphatic hydroxyl groups is 1. The first-order valence-corrected chi connectivity index (χ1v) is 14.5. The highest BCUT2D eigenvalue weighted by Crippen LogP contribution is 2.44. The van der Waals surface area contributed by atoms with Crippen LogP contribution in [0.1, 0.15) is 89.2 Å². The van der Waals surface area contributed by atoms with Crippen LogP contribution < -0.4 is 5.73 Å². The Bertz CT molecular complexity index is 1030. The third-order valence-corrected chi connectivity index (χ3v) is 9.87. The van der Waals surface area contributed by atoms with Gasteiger partial charge in [0.2, 0.25) is 5.91 Å². The smallest absolute Gasteiger partial charge is 0.221 e. The third-order valence-electron chi connectivity index (χ3n) is 9.63. The summed E-state index contributed by atoms with van der Waals surface area (Å²) in [6.07, 6.45) is 11.6. The monoisotopic (exact) mass is 515 g/mol. The average Bonchev–Trinajstić information content (AvgIpc) is 3.28. The Balaban J connectivity index is 1.06. The quantitative estimate of drug-likeness (QED) is 0.479. The highest BCUT2D eigenvalue weighted by atomic mass is 35.5. The number of likely N-dealkylation sites (tertiary alicyclic amines) is 1. The van der Waals surface area contributed by atoms with Gasteiger partial charge in [-0.25, -0.2) is 0 Å². The number of aromatic nitrogens is 1. The van der Waals surface area contributed by atoms with Gasteiger partial charge in [-0.1, -0.05) is 29.6 Å². The average molecular weight is 516 g/mol. The molecule has 7 heteroatoms. The molecule has 0 spiro atoms. The number of nitrogens with zero attached hydrogens (tertiary/aromatic N) is 2. The molecule has 2 aliphatic carbocycles. The SMILES string of the molecule is CC1(O)CCC(C(C(N)=O)C2CCC(CCN3CCC(c4noc5cc(Cl)ccc45)CC3)CC2)CC1. The molecular formula is C29H42ClN3O3. The number of carbonyl (C=O) groups excluding carboxylic acids is 1. The van der Waals surface area contributed by atoms with Crippen LogP contribution in [-0.2, 0) is 4.79 Å². The molecule has 0 radical (unpaired) electrons. The minimum absolute atomic E-state index is 0.00952. The van der Waals surface area contributed by atoms with Crippen LogP contribution in [0.5, 0.6) is 0 Å². The van der Waals surface area contributed by atoms with Gasteiger partial charge >= 0.3 is 0 Å². The summed E-state index contributed by atoms with van der Waals surface area (Å²) >= 11 is 6.09. The zero-order valence-corrected chi connectivity index (χ0v) is 22.4.